The van der Waals surface area contributed by atoms with E-state index in [-0.39, 0.29) is 17.6 Å². The minimum Gasteiger partial charge on any atom is -0.508 e. The number of hydrazone groups is 1. The average molecular weight is 478 g/mol. The summed E-state index contributed by atoms with van der Waals surface area (Å²) in [5.74, 6) is -0.400. The van der Waals surface area contributed by atoms with E-state index in [1.165, 1.54) is 0 Å². The molecule has 0 aliphatic carbocycles. The zero-order valence-corrected chi connectivity index (χ0v) is 18.1. The Morgan fingerprint density at radius 3 is 2.52 bits per heavy atom. The average Bonchev–Trinajstić information content (AvgIpc) is 3.11. The van der Waals surface area contributed by atoms with Gasteiger partial charge in [-0.15, -0.1) is 0 Å². The Balaban J connectivity index is 1.54. The molecule has 0 saturated carbocycles. The fourth-order valence-corrected chi connectivity index (χ4v) is 3.79. The highest BCUT2D eigenvalue weighted by Gasteiger charge is 2.36. The molecule has 3 aromatic rings. The smallest absolute Gasteiger partial charge is 0.263 e. The Morgan fingerprint density at radius 1 is 1.10 bits per heavy atom. The molecule has 2 amide bonds. The molecule has 1 unspecified atom stereocenters. The Bertz CT molecular complexity index is 1130. The van der Waals surface area contributed by atoms with E-state index in [0.717, 1.165) is 21.2 Å². The van der Waals surface area contributed by atoms with E-state index in [1.54, 1.807) is 41.4 Å². The van der Waals surface area contributed by atoms with Gasteiger partial charge < -0.3 is 10.0 Å². The Hall–Kier alpha value is -3.45. The van der Waals surface area contributed by atoms with Gasteiger partial charge in [-0.05, 0) is 47.0 Å². The number of nitrogens with zero attached hydrogens (tertiary/aromatic N) is 2. The lowest BCUT2D eigenvalue weighted by atomic mass is 10.0. The van der Waals surface area contributed by atoms with Crippen LogP contribution in [0, 0.1) is 0 Å². The second kappa shape index (κ2) is 9.14. The maximum atomic E-state index is 13.1. The van der Waals surface area contributed by atoms with Gasteiger partial charge in [-0.1, -0.05) is 58.4 Å². The van der Waals surface area contributed by atoms with Crippen LogP contribution in [0.1, 0.15) is 27.0 Å². The molecule has 4 rings (SSSR count). The molecule has 0 saturated heterocycles. The first-order chi connectivity index (χ1) is 15.0. The normalized spacial score (nSPS) is 14.0. The van der Waals surface area contributed by atoms with Crippen LogP contribution in [0.15, 0.2) is 82.4 Å². The summed E-state index contributed by atoms with van der Waals surface area (Å²) in [6.45, 7) is 0.363. The zero-order chi connectivity index (χ0) is 21.8. The summed E-state index contributed by atoms with van der Waals surface area (Å²) in [7, 11) is 0. The maximum Gasteiger partial charge on any atom is 0.263 e. The highest BCUT2D eigenvalue weighted by Crippen LogP contribution is 2.26. The van der Waals surface area contributed by atoms with Crippen LogP contribution in [0.3, 0.4) is 0 Å². The fraction of sp³-hybridized carbons (Fsp3) is 0.125. The molecule has 3 aromatic carbocycles. The molecular weight excluding hydrogens is 458 g/mol. The first-order valence-electron chi connectivity index (χ1n) is 9.76. The van der Waals surface area contributed by atoms with Crippen LogP contribution in [0.25, 0.3) is 0 Å². The topological polar surface area (TPSA) is 82.0 Å². The summed E-state index contributed by atoms with van der Waals surface area (Å²) in [6.07, 6.45) is 1.86. The van der Waals surface area contributed by atoms with Crippen molar-refractivity contribution in [3.05, 3.63) is 99.5 Å². The van der Waals surface area contributed by atoms with Crippen LogP contribution in [-0.4, -0.2) is 34.1 Å². The predicted molar refractivity (Wildman–Crippen MR) is 122 cm³/mol. The number of carbonyl (C=O) groups is 2. The van der Waals surface area contributed by atoms with Crippen molar-refractivity contribution in [3.8, 4) is 5.75 Å². The van der Waals surface area contributed by atoms with E-state index in [9.17, 15) is 14.7 Å². The number of phenolic OH excluding ortho intramolecular Hbond substituents is 1. The number of rotatable bonds is 6. The summed E-state index contributed by atoms with van der Waals surface area (Å²) in [4.78, 5) is 27.6. The summed E-state index contributed by atoms with van der Waals surface area (Å²) in [5.41, 5.74) is 5.76. The molecule has 156 valence electrons. The quantitative estimate of drug-likeness (QED) is 0.417. The van der Waals surface area contributed by atoms with Gasteiger partial charge in [0.2, 0.25) is 0 Å². The Labute approximate surface area is 188 Å². The van der Waals surface area contributed by atoms with Gasteiger partial charge in [0.1, 0.15) is 11.8 Å². The third-order valence-electron chi connectivity index (χ3n) is 5.15. The SMILES string of the molecule is O=C(N/N=C\c1ccc(Br)cc1)C(Cc1ccc(O)cc1)N1Cc2ccccc2C1=O. The molecule has 1 heterocycles. The van der Waals surface area contributed by atoms with E-state index < -0.39 is 6.04 Å². The monoisotopic (exact) mass is 477 g/mol. The van der Waals surface area contributed by atoms with Gasteiger partial charge >= 0.3 is 0 Å². The molecule has 1 aliphatic rings. The molecule has 1 atom stereocenters. The number of hydrogen-bond acceptors (Lipinski definition) is 4. The number of carbonyl (C=O) groups excluding carboxylic acids is 2. The first kappa shape index (κ1) is 20.8. The number of fused-ring (bicyclic) bond motifs is 1. The zero-order valence-electron chi connectivity index (χ0n) is 16.5. The molecular formula is C24H20BrN3O3. The molecule has 2 N–H and O–H groups in total. The second-order valence-corrected chi connectivity index (χ2v) is 8.18. The number of halogens is 1. The molecule has 0 radical (unpaired) electrons. The standard InChI is InChI=1S/C24H20BrN3O3/c25-19-9-5-17(6-10-19)14-26-27-23(30)22(13-16-7-11-20(29)12-8-16)28-15-18-3-1-2-4-21(18)24(28)31/h1-12,14,22,29H,13,15H2,(H,27,30)/b26-14-. The molecule has 0 aromatic heterocycles. The number of hydrogen-bond donors (Lipinski definition) is 2. The maximum absolute atomic E-state index is 13.1. The molecule has 1 aliphatic heterocycles. The highest BCUT2D eigenvalue weighted by atomic mass is 79.9. The molecule has 6 nitrogen and oxygen atoms in total. The third kappa shape index (κ3) is 4.83. The van der Waals surface area contributed by atoms with Crippen LogP contribution < -0.4 is 5.43 Å². The van der Waals surface area contributed by atoms with Gasteiger partial charge in [0.25, 0.3) is 11.8 Å². The van der Waals surface area contributed by atoms with Gasteiger partial charge in [-0.3, -0.25) is 9.59 Å². The van der Waals surface area contributed by atoms with Crippen molar-refractivity contribution >= 4 is 34.0 Å². The lowest BCUT2D eigenvalue weighted by Gasteiger charge is -2.26. The number of benzene rings is 3. The van der Waals surface area contributed by atoms with Gasteiger partial charge in [-0.2, -0.15) is 5.10 Å². The van der Waals surface area contributed by atoms with Crippen LogP contribution >= 0.6 is 15.9 Å². The number of amides is 2. The lowest BCUT2D eigenvalue weighted by Crippen LogP contribution is -2.47. The van der Waals surface area contributed by atoms with E-state index in [4.69, 9.17) is 0 Å². The lowest BCUT2D eigenvalue weighted by molar-refractivity contribution is -0.125. The van der Waals surface area contributed by atoms with E-state index in [1.807, 2.05) is 42.5 Å². The second-order valence-electron chi connectivity index (χ2n) is 7.26. The van der Waals surface area contributed by atoms with Gasteiger partial charge in [-0.25, -0.2) is 5.43 Å². The van der Waals surface area contributed by atoms with Crippen LogP contribution in [0.2, 0.25) is 0 Å². The predicted octanol–water partition coefficient (Wildman–Crippen LogP) is 3.87. The van der Waals surface area contributed by atoms with Crippen molar-refractivity contribution in [1.82, 2.24) is 10.3 Å². The van der Waals surface area contributed by atoms with Crippen molar-refractivity contribution < 1.29 is 14.7 Å². The minimum absolute atomic E-state index is 0.147. The summed E-state index contributed by atoms with van der Waals surface area (Å²) >= 11 is 3.38. The fourth-order valence-electron chi connectivity index (χ4n) is 3.52. The highest BCUT2D eigenvalue weighted by molar-refractivity contribution is 9.10. The summed E-state index contributed by atoms with van der Waals surface area (Å²) in [6, 6.07) is 20.8. The van der Waals surface area contributed by atoms with E-state index in [0.29, 0.717) is 18.5 Å². The van der Waals surface area contributed by atoms with Gasteiger partial charge in [0.05, 0.1) is 6.21 Å². The molecule has 0 fully saturated rings. The molecule has 31 heavy (non-hydrogen) atoms. The first-order valence-corrected chi connectivity index (χ1v) is 10.6. The van der Waals surface area contributed by atoms with Gasteiger partial charge in [0, 0.05) is 23.0 Å². The van der Waals surface area contributed by atoms with Crippen LogP contribution in [-0.2, 0) is 17.8 Å². The molecule has 7 heteroatoms. The van der Waals surface area contributed by atoms with E-state index in [2.05, 4.69) is 26.5 Å². The van der Waals surface area contributed by atoms with Crippen LogP contribution in [0.5, 0.6) is 5.75 Å². The summed E-state index contributed by atoms with van der Waals surface area (Å²) < 4.78 is 0.953. The summed E-state index contributed by atoms with van der Waals surface area (Å²) in [5, 5.41) is 13.6. The Kier molecular flexibility index (Phi) is 6.13. The third-order valence-corrected chi connectivity index (χ3v) is 5.68. The number of phenols is 1. The van der Waals surface area contributed by atoms with Crippen molar-refractivity contribution in [2.45, 2.75) is 19.0 Å². The number of aromatic hydroxyl groups is 1. The van der Waals surface area contributed by atoms with Crippen LogP contribution in [0.4, 0.5) is 0 Å². The van der Waals surface area contributed by atoms with Crippen molar-refractivity contribution in [2.24, 2.45) is 5.10 Å². The van der Waals surface area contributed by atoms with Crippen molar-refractivity contribution in [1.29, 1.82) is 0 Å². The van der Waals surface area contributed by atoms with Crippen molar-refractivity contribution in [3.63, 3.8) is 0 Å². The van der Waals surface area contributed by atoms with Gasteiger partial charge in [0.15, 0.2) is 0 Å². The van der Waals surface area contributed by atoms with Crippen molar-refractivity contribution in [2.75, 3.05) is 0 Å². The molecule has 0 bridgehead atoms. The van der Waals surface area contributed by atoms with E-state index >= 15 is 0 Å². The minimum atomic E-state index is -0.744. The Morgan fingerprint density at radius 2 is 1.81 bits per heavy atom. The largest absolute Gasteiger partial charge is 0.508 e. The number of nitrogens with one attached hydrogen (secondary N) is 1. The molecule has 0 spiro atoms.